The van der Waals surface area contributed by atoms with Crippen LogP contribution >= 0.6 is 0 Å². The largest absolute Gasteiger partial charge is 0.493 e. The lowest BCUT2D eigenvalue weighted by molar-refractivity contribution is -0.124. The number of hydrogen-bond donors (Lipinski definition) is 2. The van der Waals surface area contributed by atoms with E-state index in [9.17, 15) is 9.59 Å². The molecule has 0 bridgehead atoms. The number of carbonyl (C=O) groups excluding carboxylic acids is 2. The van der Waals surface area contributed by atoms with Crippen molar-refractivity contribution in [2.75, 3.05) is 19.5 Å². The molecule has 7 heteroatoms. The maximum atomic E-state index is 11.9. The first-order valence-corrected chi connectivity index (χ1v) is 8.42. The van der Waals surface area contributed by atoms with Gasteiger partial charge in [0.2, 0.25) is 11.8 Å². The van der Waals surface area contributed by atoms with E-state index in [1.807, 2.05) is 25.1 Å². The topological polar surface area (TPSA) is 89.0 Å². The Kier molecular flexibility index (Phi) is 7.37. The van der Waals surface area contributed by atoms with Gasteiger partial charge in [0.25, 0.3) is 0 Å². The second-order valence-corrected chi connectivity index (χ2v) is 5.83. The number of hydrazone groups is 1. The second-order valence-electron chi connectivity index (χ2n) is 5.83. The van der Waals surface area contributed by atoms with Gasteiger partial charge in [0, 0.05) is 18.5 Å². The maximum absolute atomic E-state index is 11.9. The highest BCUT2D eigenvalue weighted by Crippen LogP contribution is 2.26. The van der Waals surface area contributed by atoms with Crippen LogP contribution in [0.3, 0.4) is 0 Å². The highest BCUT2D eigenvalue weighted by molar-refractivity contribution is 5.93. The van der Waals surface area contributed by atoms with Crippen molar-refractivity contribution < 1.29 is 19.1 Å². The molecule has 0 aromatic heterocycles. The van der Waals surface area contributed by atoms with Crippen LogP contribution in [0.1, 0.15) is 24.0 Å². The fourth-order valence-corrected chi connectivity index (χ4v) is 2.34. The van der Waals surface area contributed by atoms with Crippen molar-refractivity contribution in [1.29, 1.82) is 0 Å². The lowest BCUT2D eigenvalue weighted by Crippen LogP contribution is -2.20. The van der Waals surface area contributed by atoms with E-state index in [-0.39, 0.29) is 24.7 Å². The molecule has 0 saturated carbocycles. The van der Waals surface area contributed by atoms with Crippen LogP contribution in [-0.2, 0) is 9.59 Å². The molecule has 2 aromatic rings. The van der Waals surface area contributed by atoms with Crippen molar-refractivity contribution in [3.8, 4) is 11.5 Å². The summed E-state index contributed by atoms with van der Waals surface area (Å²) in [6.07, 6.45) is 1.61. The van der Waals surface area contributed by atoms with Crippen molar-refractivity contribution in [2.24, 2.45) is 5.10 Å². The van der Waals surface area contributed by atoms with Gasteiger partial charge in [-0.2, -0.15) is 5.10 Å². The van der Waals surface area contributed by atoms with E-state index in [1.165, 1.54) is 6.21 Å². The summed E-state index contributed by atoms with van der Waals surface area (Å²) in [5.41, 5.74) is 4.91. The van der Waals surface area contributed by atoms with Crippen LogP contribution in [0.4, 0.5) is 5.69 Å². The van der Waals surface area contributed by atoms with Crippen LogP contribution < -0.4 is 20.2 Å². The summed E-state index contributed by atoms with van der Waals surface area (Å²) in [4.78, 5) is 23.7. The average molecular weight is 369 g/mol. The smallest absolute Gasteiger partial charge is 0.240 e. The molecule has 0 fully saturated rings. The first kappa shape index (κ1) is 20.0. The maximum Gasteiger partial charge on any atom is 0.240 e. The Morgan fingerprint density at radius 2 is 1.74 bits per heavy atom. The highest BCUT2D eigenvalue weighted by atomic mass is 16.5. The normalized spacial score (nSPS) is 10.5. The van der Waals surface area contributed by atoms with Crippen molar-refractivity contribution in [3.05, 3.63) is 53.6 Å². The summed E-state index contributed by atoms with van der Waals surface area (Å²) in [5.74, 6) is 0.615. The van der Waals surface area contributed by atoms with Gasteiger partial charge in [-0.25, -0.2) is 5.43 Å². The Morgan fingerprint density at radius 1 is 1.00 bits per heavy atom. The molecule has 0 unspecified atom stereocenters. The number of benzene rings is 2. The van der Waals surface area contributed by atoms with Gasteiger partial charge >= 0.3 is 0 Å². The van der Waals surface area contributed by atoms with Crippen LogP contribution in [0.15, 0.2) is 47.6 Å². The molecule has 2 N–H and O–H groups in total. The molecule has 2 aromatic carbocycles. The Bertz CT molecular complexity index is 834. The number of rotatable bonds is 8. The van der Waals surface area contributed by atoms with Gasteiger partial charge in [-0.05, 0) is 48.4 Å². The third-order valence-corrected chi connectivity index (χ3v) is 3.69. The lowest BCUT2D eigenvalue weighted by atomic mass is 10.2. The monoisotopic (exact) mass is 369 g/mol. The van der Waals surface area contributed by atoms with Gasteiger partial charge in [-0.15, -0.1) is 0 Å². The molecule has 0 aliphatic carbocycles. The first-order valence-electron chi connectivity index (χ1n) is 8.42. The van der Waals surface area contributed by atoms with Gasteiger partial charge in [-0.1, -0.05) is 12.1 Å². The zero-order chi connectivity index (χ0) is 19.6. The molecule has 0 heterocycles. The summed E-state index contributed by atoms with van der Waals surface area (Å²) in [6.45, 7) is 1.94. The molecule has 0 radical (unpaired) electrons. The number of amides is 2. The van der Waals surface area contributed by atoms with Crippen LogP contribution in [-0.4, -0.2) is 32.2 Å². The first-order chi connectivity index (χ1) is 13.0. The molecule has 0 spiro atoms. The van der Waals surface area contributed by atoms with Crippen molar-refractivity contribution >= 4 is 23.7 Å². The third kappa shape index (κ3) is 6.47. The average Bonchev–Trinajstić information content (AvgIpc) is 2.66. The molecule has 0 aliphatic heterocycles. The Morgan fingerprint density at radius 3 is 2.44 bits per heavy atom. The number of methoxy groups -OCH3 is 2. The van der Waals surface area contributed by atoms with E-state index in [1.54, 1.807) is 38.5 Å². The third-order valence-electron chi connectivity index (χ3n) is 3.69. The minimum atomic E-state index is -0.342. The summed E-state index contributed by atoms with van der Waals surface area (Å²) in [5, 5.41) is 6.65. The van der Waals surface area contributed by atoms with Gasteiger partial charge in [-0.3, -0.25) is 9.59 Å². The Hall–Kier alpha value is -3.35. The number of anilines is 1. The number of nitrogens with zero attached hydrogens (tertiary/aromatic N) is 1. The van der Waals surface area contributed by atoms with Gasteiger partial charge in [0.05, 0.1) is 20.4 Å². The van der Waals surface area contributed by atoms with Crippen molar-refractivity contribution in [1.82, 2.24) is 5.43 Å². The summed E-state index contributed by atoms with van der Waals surface area (Å²) < 4.78 is 10.4. The van der Waals surface area contributed by atoms with E-state index in [0.29, 0.717) is 17.2 Å². The molecule has 142 valence electrons. The standard InChI is InChI=1S/C20H23N3O4/c1-14-5-4-6-16(11-14)22-19(24)9-10-20(25)23-21-13-15-7-8-17(26-2)18(12-15)27-3/h4-8,11-13H,9-10H2,1-3H3,(H,22,24)(H,23,25)/b21-13+. The molecule has 7 nitrogen and oxygen atoms in total. The summed E-state index contributed by atoms with van der Waals surface area (Å²) in [6, 6.07) is 12.7. The molecule has 0 aliphatic rings. The Balaban J connectivity index is 1.78. The number of ether oxygens (including phenoxy) is 2. The van der Waals surface area contributed by atoms with Crippen molar-refractivity contribution in [2.45, 2.75) is 19.8 Å². The van der Waals surface area contributed by atoms with E-state index < -0.39 is 0 Å². The predicted octanol–water partition coefficient (Wildman–Crippen LogP) is 2.88. The van der Waals surface area contributed by atoms with E-state index in [0.717, 1.165) is 11.1 Å². The van der Waals surface area contributed by atoms with Gasteiger partial charge in [0.15, 0.2) is 11.5 Å². The lowest BCUT2D eigenvalue weighted by Gasteiger charge is -2.07. The van der Waals surface area contributed by atoms with Crippen LogP contribution in [0.5, 0.6) is 11.5 Å². The molecular formula is C20H23N3O4. The fraction of sp³-hybridized carbons (Fsp3) is 0.250. The molecule has 27 heavy (non-hydrogen) atoms. The van der Waals surface area contributed by atoms with Crippen molar-refractivity contribution in [3.63, 3.8) is 0 Å². The Labute approximate surface area is 158 Å². The van der Waals surface area contributed by atoms with E-state index >= 15 is 0 Å². The zero-order valence-corrected chi connectivity index (χ0v) is 15.6. The van der Waals surface area contributed by atoms with Gasteiger partial charge in [0.1, 0.15) is 0 Å². The number of carbonyl (C=O) groups is 2. The molecular weight excluding hydrogens is 346 g/mol. The number of aryl methyl sites for hydroxylation is 1. The van der Waals surface area contributed by atoms with Crippen LogP contribution in [0, 0.1) is 6.92 Å². The van der Waals surface area contributed by atoms with Crippen LogP contribution in [0.2, 0.25) is 0 Å². The number of hydrogen-bond acceptors (Lipinski definition) is 5. The second kappa shape index (κ2) is 9.96. The quantitative estimate of drug-likeness (QED) is 0.553. The highest BCUT2D eigenvalue weighted by Gasteiger charge is 2.07. The zero-order valence-electron chi connectivity index (χ0n) is 15.6. The molecule has 0 atom stereocenters. The minimum absolute atomic E-state index is 0.0426. The number of nitrogens with one attached hydrogen (secondary N) is 2. The summed E-state index contributed by atoms with van der Waals surface area (Å²) >= 11 is 0. The molecule has 2 amide bonds. The fourth-order valence-electron chi connectivity index (χ4n) is 2.34. The van der Waals surface area contributed by atoms with Crippen LogP contribution in [0.25, 0.3) is 0 Å². The SMILES string of the molecule is COc1ccc(/C=N/NC(=O)CCC(=O)Nc2cccc(C)c2)cc1OC. The van der Waals surface area contributed by atoms with Gasteiger partial charge < -0.3 is 14.8 Å². The summed E-state index contributed by atoms with van der Waals surface area (Å²) in [7, 11) is 3.10. The molecule has 0 saturated heterocycles. The van der Waals surface area contributed by atoms with E-state index in [4.69, 9.17) is 9.47 Å². The predicted molar refractivity (Wildman–Crippen MR) is 104 cm³/mol. The molecule has 2 rings (SSSR count). The van der Waals surface area contributed by atoms with E-state index in [2.05, 4.69) is 15.8 Å². The minimum Gasteiger partial charge on any atom is -0.493 e.